The van der Waals surface area contributed by atoms with E-state index in [1.54, 1.807) is 27.1 Å². The van der Waals surface area contributed by atoms with Crippen LogP contribution in [0.25, 0.3) is 49.4 Å². The van der Waals surface area contributed by atoms with E-state index in [0.29, 0.717) is 7.25 Å². The van der Waals surface area contributed by atoms with E-state index in [9.17, 15) is 0 Å². The van der Waals surface area contributed by atoms with Crippen LogP contribution in [0.1, 0.15) is 89.1 Å². The second-order valence-corrected chi connectivity index (χ2v) is 33.1. The molecule has 0 amide bonds. The summed E-state index contributed by atoms with van der Waals surface area (Å²) in [5.41, 5.74) is 15.0. The molecule has 8 aromatic rings. The third-order valence-corrected chi connectivity index (χ3v) is 33.4. The van der Waals surface area contributed by atoms with Gasteiger partial charge < -0.3 is 0 Å². The van der Waals surface area contributed by atoms with Gasteiger partial charge in [0.2, 0.25) is 0 Å². The Morgan fingerprint density at radius 2 is 0.966 bits per heavy atom. The number of rotatable bonds is 5. The maximum absolute atomic E-state index is 2.92. The summed E-state index contributed by atoms with van der Waals surface area (Å²) in [7, 11) is 0. The molecule has 0 bridgehead atoms. The fourth-order valence-electron chi connectivity index (χ4n) is 10.2. The van der Waals surface area contributed by atoms with Crippen molar-refractivity contribution in [2.24, 2.45) is 0 Å². The molecule has 0 spiro atoms. The van der Waals surface area contributed by atoms with Gasteiger partial charge in [-0.05, 0) is 0 Å². The van der Waals surface area contributed by atoms with Crippen molar-refractivity contribution in [1.29, 1.82) is 0 Å². The first-order valence-electron chi connectivity index (χ1n) is 21.3. The monoisotopic (exact) mass is 854 g/mol. The van der Waals surface area contributed by atoms with Crippen LogP contribution < -0.4 is 10.4 Å². The standard InChI is InChI=1S/C24H17.C21H25.C12H10Si.Zr/c1-16-13-14-17-8-6-12-22(24(16)17)23-15-18-7-2-3-9-19(18)20-10-4-5-11-21(20)23;1-20(2,3)16-7-9-18-14(12-16)11-15-13-17(21(4,5)6)8-10-19(15)18;1-3-7-11(8-4-1)13-12-9-5-2-6-10-12;/h2-15H,1H3;7-13H,1-6H3;1-10H;. The van der Waals surface area contributed by atoms with Gasteiger partial charge in [0.1, 0.15) is 0 Å². The molecule has 0 aliphatic heterocycles. The molecule has 0 aromatic heterocycles. The average Bonchev–Trinajstić information content (AvgIpc) is 3.76. The van der Waals surface area contributed by atoms with Crippen LogP contribution >= 0.6 is 0 Å². The Hall–Kier alpha value is -4.88. The van der Waals surface area contributed by atoms with E-state index < -0.39 is 25.8 Å². The minimum absolute atomic E-state index is 0.0507. The second kappa shape index (κ2) is 14.7. The Morgan fingerprint density at radius 1 is 0.441 bits per heavy atom. The van der Waals surface area contributed by atoms with Crippen molar-refractivity contribution in [2.45, 2.75) is 66.5 Å². The van der Waals surface area contributed by atoms with E-state index in [1.165, 1.54) is 66.1 Å². The summed E-state index contributed by atoms with van der Waals surface area (Å²) in [6.07, 6.45) is 2.77. The molecule has 0 N–H and O–H groups in total. The minimum atomic E-state index is -2.92. The fraction of sp³-hybridized carbons (Fsp3) is 0.193. The van der Waals surface area contributed by atoms with Gasteiger partial charge in [-0.1, -0.05) is 0 Å². The summed E-state index contributed by atoms with van der Waals surface area (Å²) >= 11 is -2.92. The van der Waals surface area contributed by atoms with Crippen molar-refractivity contribution in [1.82, 2.24) is 0 Å². The Bertz CT molecular complexity index is 2900. The molecule has 1 atom stereocenters. The summed E-state index contributed by atoms with van der Waals surface area (Å²) in [6, 6.07) is 66.3. The molecule has 288 valence electrons. The fourth-order valence-corrected chi connectivity index (χ4v) is 34.0. The SMILES string of the molecule is CC1=C[CH]([Zr]([CH]2c3cc(C(C)(C)C)ccc3-c3ccc(C(C)(C)C)cc32)=[Si](c2ccccc2)c2ccccc2)c2cccc(-c3cc4ccccc4c4ccccc34)c21. The summed E-state index contributed by atoms with van der Waals surface area (Å²) in [6.45, 7) is 16.7. The van der Waals surface area contributed by atoms with E-state index >= 15 is 0 Å². The number of hydrogen-bond donors (Lipinski definition) is 0. The molecule has 59 heavy (non-hydrogen) atoms. The summed E-state index contributed by atoms with van der Waals surface area (Å²) < 4.78 is 0.792. The molecule has 0 fully saturated rings. The predicted molar refractivity (Wildman–Crippen MR) is 252 cm³/mol. The molecule has 8 aromatic carbocycles. The van der Waals surface area contributed by atoms with Crippen LogP contribution in [0.3, 0.4) is 0 Å². The average molecular weight is 856 g/mol. The van der Waals surface area contributed by atoms with E-state index in [1.807, 2.05) is 0 Å². The van der Waals surface area contributed by atoms with Crippen molar-refractivity contribution in [2.75, 3.05) is 0 Å². The number of fused-ring (bicyclic) bond motifs is 7. The molecule has 0 heterocycles. The first kappa shape index (κ1) is 38.3. The molecule has 1 unspecified atom stereocenters. The molecule has 10 rings (SSSR count). The third-order valence-electron chi connectivity index (χ3n) is 13.1. The van der Waals surface area contributed by atoms with Gasteiger partial charge in [-0.2, -0.15) is 0 Å². The number of benzene rings is 8. The zero-order valence-electron chi connectivity index (χ0n) is 35.4. The van der Waals surface area contributed by atoms with Gasteiger partial charge in [-0.3, -0.25) is 0 Å². The van der Waals surface area contributed by atoms with Gasteiger partial charge in [-0.15, -0.1) is 0 Å². The normalized spacial score (nSPS) is 14.9. The van der Waals surface area contributed by atoms with Gasteiger partial charge >= 0.3 is 361 Å². The van der Waals surface area contributed by atoms with Crippen molar-refractivity contribution in [3.63, 3.8) is 0 Å². The molecular formula is C57H52SiZr. The summed E-state index contributed by atoms with van der Waals surface area (Å²) in [5, 5.41) is 8.39. The van der Waals surface area contributed by atoms with E-state index in [0.717, 1.165) is 0 Å². The summed E-state index contributed by atoms with van der Waals surface area (Å²) in [5.74, 6) is 0. The Balaban J connectivity index is 1.31. The van der Waals surface area contributed by atoms with Crippen LogP contribution in [0.2, 0.25) is 0 Å². The predicted octanol–water partition coefficient (Wildman–Crippen LogP) is 13.9. The van der Waals surface area contributed by atoms with Crippen molar-refractivity contribution < 1.29 is 20.4 Å². The van der Waals surface area contributed by atoms with Crippen LogP contribution in [0.5, 0.6) is 0 Å². The van der Waals surface area contributed by atoms with E-state index in [-0.39, 0.29) is 10.8 Å². The number of hydrogen-bond acceptors (Lipinski definition) is 0. The van der Waals surface area contributed by atoms with Gasteiger partial charge in [0, 0.05) is 0 Å². The van der Waals surface area contributed by atoms with Gasteiger partial charge in [0.15, 0.2) is 0 Å². The Morgan fingerprint density at radius 3 is 1.54 bits per heavy atom. The topological polar surface area (TPSA) is 0 Å². The van der Waals surface area contributed by atoms with Crippen LogP contribution in [0, 0.1) is 0 Å². The molecule has 2 heteroatoms. The molecule has 0 saturated heterocycles. The van der Waals surface area contributed by atoms with Gasteiger partial charge in [0.25, 0.3) is 0 Å². The molecule has 0 saturated carbocycles. The first-order chi connectivity index (χ1) is 28.5. The first-order valence-corrected chi connectivity index (χ1v) is 29.4. The second-order valence-electron chi connectivity index (χ2n) is 18.9. The molecule has 0 nitrogen and oxygen atoms in total. The van der Waals surface area contributed by atoms with Gasteiger partial charge in [-0.25, -0.2) is 0 Å². The van der Waals surface area contributed by atoms with Gasteiger partial charge in [0.05, 0.1) is 0 Å². The van der Waals surface area contributed by atoms with Crippen LogP contribution in [0.4, 0.5) is 0 Å². The Kier molecular flexibility index (Phi) is 9.54. The molecule has 0 radical (unpaired) electrons. The quantitative estimate of drug-likeness (QED) is 0.119. The van der Waals surface area contributed by atoms with Crippen molar-refractivity contribution in [3.05, 3.63) is 209 Å². The Labute approximate surface area is 358 Å². The third kappa shape index (κ3) is 6.59. The molecule has 2 aliphatic rings. The summed E-state index contributed by atoms with van der Waals surface area (Å²) in [4.78, 5) is 0. The van der Waals surface area contributed by atoms with Crippen LogP contribution in [-0.2, 0) is 31.2 Å². The molecule has 2 aliphatic carbocycles. The van der Waals surface area contributed by atoms with Crippen molar-refractivity contribution >= 4 is 42.9 Å². The zero-order chi connectivity index (χ0) is 40.6. The van der Waals surface area contributed by atoms with Crippen molar-refractivity contribution in [3.8, 4) is 22.3 Å². The van der Waals surface area contributed by atoms with Crippen LogP contribution in [0.15, 0.2) is 176 Å². The van der Waals surface area contributed by atoms with E-state index in [2.05, 4.69) is 224 Å². The number of allylic oxidation sites excluding steroid dienone is 2. The van der Waals surface area contributed by atoms with Crippen LogP contribution in [-0.4, -0.2) is 5.43 Å². The maximum atomic E-state index is 2.77. The zero-order valence-corrected chi connectivity index (χ0v) is 38.9. The molecular weight excluding hydrogens is 804 g/mol. The van der Waals surface area contributed by atoms with E-state index in [4.69, 9.17) is 0 Å².